The van der Waals surface area contributed by atoms with Crippen LogP contribution >= 0.6 is 11.3 Å². The number of ether oxygens (including phenoxy) is 3. The number of carbonyl (C=O) groups is 4. The van der Waals surface area contributed by atoms with Gasteiger partial charge in [0.15, 0.2) is 0 Å². The first-order valence-electron chi connectivity index (χ1n) is 20.7. The SMILES string of the molecule is C=C[C@@H]1C[C@]1(NC(=O)[C@@H]1[C@H](C)[C@@H](Oc2cc(-c3nc(C(C)C)cs3)nc3c(C)c(OC)ccc23)CN1C(=O)C(NC(=O)OC(C)(C)C)C(C)(C)C)C(=O)NS(=O)(=O)C1(C)CC1. The lowest BCUT2D eigenvalue weighted by atomic mass is 9.85. The molecule has 3 fully saturated rings. The second-order valence-corrected chi connectivity index (χ2v) is 22.4. The van der Waals surface area contributed by atoms with Gasteiger partial charge in [-0.05, 0) is 77.3 Å². The quantitative estimate of drug-likeness (QED) is 0.161. The highest BCUT2D eigenvalue weighted by Crippen LogP contribution is 2.48. The van der Waals surface area contributed by atoms with Gasteiger partial charge in [-0.25, -0.2) is 23.2 Å². The number of carbonyl (C=O) groups excluding carboxylic acids is 4. The zero-order valence-electron chi connectivity index (χ0n) is 37.2. The van der Waals surface area contributed by atoms with Crippen LogP contribution in [-0.2, 0) is 29.1 Å². The van der Waals surface area contributed by atoms with Crippen LogP contribution in [-0.4, -0.2) is 94.8 Å². The second kappa shape index (κ2) is 16.2. The number of rotatable bonds is 13. The Morgan fingerprint density at radius 2 is 1.74 bits per heavy atom. The number of hydrogen-bond acceptors (Lipinski definition) is 12. The van der Waals surface area contributed by atoms with Gasteiger partial charge in [-0.2, -0.15) is 0 Å². The molecule has 6 atom stereocenters. The highest BCUT2D eigenvalue weighted by atomic mass is 32.2. The Bertz CT molecular complexity index is 2360. The van der Waals surface area contributed by atoms with Crippen LogP contribution in [0.25, 0.3) is 21.6 Å². The van der Waals surface area contributed by atoms with E-state index in [1.807, 2.05) is 30.5 Å². The zero-order valence-corrected chi connectivity index (χ0v) is 38.9. The molecule has 6 rings (SSSR count). The van der Waals surface area contributed by atoms with E-state index in [1.54, 1.807) is 62.5 Å². The fourth-order valence-corrected chi connectivity index (χ4v) is 9.95. The second-order valence-electron chi connectivity index (χ2n) is 19.3. The number of pyridine rings is 1. The summed E-state index contributed by atoms with van der Waals surface area (Å²) in [6, 6.07) is 3.11. The van der Waals surface area contributed by atoms with Gasteiger partial charge in [0, 0.05) is 34.2 Å². The predicted octanol–water partition coefficient (Wildman–Crippen LogP) is 6.39. The Morgan fingerprint density at radius 3 is 2.28 bits per heavy atom. The smallest absolute Gasteiger partial charge is 0.408 e. The molecule has 1 aliphatic heterocycles. The minimum absolute atomic E-state index is 0.0828. The normalized spacial score (nSPS) is 23.9. The largest absolute Gasteiger partial charge is 0.496 e. The lowest BCUT2D eigenvalue weighted by molar-refractivity contribution is -0.143. The highest BCUT2D eigenvalue weighted by Gasteiger charge is 2.63. The fourth-order valence-electron chi connectivity index (χ4n) is 7.70. The third-order valence-electron chi connectivity index (χ3n) is 12.0. The van der Waals surface area contributed by atoms with Crippen molar-refractivity contribution in [1.29, 1.82) is 0 Å². The van der Waals surface area contributed by atoms with Crippen molar-refractivity contribution in [1.82, 2.24) is 30.2 Å². The van der Waals surface area contributed by atoms with Gasteiger partial charge in [-0.1, -0.05) is 47.6 Å². The average molecular weight is 881 g/mol. The van der Waals surface area contributed by atoms with Crippen LogP contribution in [0.1, 0.15) is 106 Å². The average Bonchev–Trinajstić information content (AvgIpc) is 3.98. The Morgan fingerprint density at radius 1 is 1.07 bits per heavy atom. The third-order valence-corrected chi connectivity index (χ3v) is 15.0. The minimum Gasteiger partial charge on any atom is -0.496 e. The van der Waals surface area contributed by atoms with Crippen LogP contribution in [0.5, 0.6) is 11.5 Å². The summed E-state index contributed by atoms with van der Waals surface area (Å²) in [4.78, 5) is 68.0. The predicted molar refractivity (Wildman–Crippen MR) is 234 cm³/mol. The van der Waals surface area contributed by atoms with E-state index in [2.05, 4.69) is 35.8 Å². The van der Waals surface area contributed by atoms with Crippen LogP contribution < -0.4 is 24.8 Å². The van der Waals surface area contributed by atoms with Crippen molar-refractivity contribution in [2.24, 2.45) is 17.3 Å². The van der Waals surface area contributed by atoms with Gasteiger partial charge in [-0.3, -0.25) is 19.1 Å². The molecule has 0 spiro atoms. The van der Waals surface area contributed by atoms with Crippen molar-refractivity contribution in [2.45, 2.75) is 135 Å². The van der Waals surface area contributed by atoms with Crippen LogP contribution in [0.2, 0.25) is 0 Å². The van der Waals surface area contributed by atoms with E-state index < -0.39 is 85.2 Å². The first-order valence-corrected chi connectivity index (χ1v) is 23.0. The summed E-state index contributed by atoms with van der Waals surface area (Å²) in [6.07, 6.45) is 0.847. The van der Waals surface area contributed by atoms with Crippen molar-refractivity contribution in [2.75, 3.05) is 13.7 Å². The maximum Gasteiger partial charge on any atom is 0.408 e. The summed E-state index contributed by atoms with van der Waals surface area (Å²) < 4.78 is 45.6. The monoisotopic (exact) mass is 880 g/mol. The van der Waals surface area contributed by atoms with Gasteiger partial charge in [0.2, 0.25) is 21.8 Å². The van der Waals surface area contributed by atoms with E-state index in [1.165, 1.54) is 22.3 Å². The molecule has 3 aromatic rings. The number of hydrogen-bond donors (Lipinski definition) is 3. The Balaban J connectivity index is 1.40. The molecule has 332 valence electrons. The molecule has 2 saturated carbocycles. The van der Waals surface area contributed by atoms with Gasteiger partial charge in [-0.15, -0.1) is 17.9 Å². The molecule has 4 amide bonds. The maximum atomic E-state index is 14.9. The van der Waals surface area contributed by atoms with Gasteiger partial charge < -0.3 is 29.7 Å². The minimum atomic E-state index is -4.04. The summed E-state index contributed by atoms with van der Waals surface area (Å²) in [5, 5.41) is 8.98. The van der Waals surface area contributed by atoms with Crippen molar-refractivity contribution in [3.8, 4) is 22.2 Å². The number of thiazole rings is 1. The number of nitrogens with one attached hydrogen (secondary N) is 3. The number of nitrogens with zero attached hydrogens (tertiary/aromatic N) is 3. The lowest BCUT2D eigenvalue weighted by Gasteiger charge is -2.36. The van der Waals surface area contributed by atoms with Crippen molar-refractivity contribution in [3.63, 3.8) is 0 Å². The molecule has 3 aliphatic rings. The molecule has 3 N–H and O–H groups in total. The molecular formula is C44H60N6O9S2. The van der Waals surface area contributed by atoms with E-state index in [9.17, 15) is 27.6 Å². The van der Waals surface area contributed by atoms with Crippen molar-refractivity contribution in [3.05, 3.63) is 47.5 Å². The molecule has 1 unspecified atom stereocenters. The molecular weight excluding hydrogens is 821 g/mol. The molecule has 2 aromatic heterocycles. The number of alkyl carbamates (subject to hydrolysis) is 1. The van der Waals surface area contributed by atoms with E-state index in [-0.39, 0.29) is 18.9 Å². The van der Waals surface area contributed by atoms with Gasteiger partial charge in [0.1, 0.15) is 51.5 Å². The number of likely N-dealkylation sites (tertiary alicyclic amines) is 1. The van der Waals surface area contributed by atoms with Gasteiger partial charge in [0.25, 0.3) is 5.91 Å². The molecule has 17 heteroatoms. The first kappa shape index (κ1) is 45.7. The lowest BCUT2D eigenvalue weighted by Crippen LogP contribution is -2.61. The molecule has 1 aromatic carbocycles. The van der Waals surface area contributed by atoms with Crippen LogP contribution in [0.3, 0.4) is 0 Å². The van der Waals surface area contributed by atoms with Gasteiger partial charge >= 0.3 is 6.09 Å². The molecule has 0 radical (unpaired) electrons. The Hall–Kier alpha value is -4.77. The topological polar surface area (TPSA) is 195 Å². The van der Waals surface area contributed by atoms with Crippen LogP contribution in [0.15, 0.2) is 36.2 Å². The molecule has 0 bridgehead atoms. The summed E-state index contributed by atoms with van der Waals surface area (Å²) >= 11 is 1.46. The Kier molecular flexibility index (Phi) is 12.1. The maximum absolute atomic E-state index is 14.9. The van der Waals surface area contributed by atoms with Crippen LogP contribution in [0.4, 0.5) is 4.79 Å². The fraction of sp³-hybridized carbons (Fsp3) is 0.591. The Labute approximate surface area is 362 Å². The summed E-state index contributed by atoms with van der Waals surface area (Å²) in [7, 11) is -2.45. The van der Waals surface area contributed by atoms with Gasteiger partial charge in [0.05, 0.1) is 29.6 Å². The molecule has 15 nitrogen and oxygen atoms in total. The number of amides is 4. The summed E-state index contributed by atoms with van der Waals surface area (Å²) in [5.41, 5.74) is -0.415. The number of aromatic nitrogens is 2. The molecule has 2 aliphatic carbocycles. The summed E-state index contributed by atoms with van der Waals surface area (Å²) in [5.74, 6) is -2.10. The molecule has 3 heterocycles. The van der Waals surface area contributed by atoms with E-state index >= 15 is 0 Å². The number of benzene rings is 1. The standard InChI is InChI=1S/C44H60N6O9S2/c1-14-26-20-44(26,39(53)49-61(55,56)43(12)17-18-43)48-36(51)34-25(5)32(21-50(34)38(52)35(41(6,7)8)47-40(54)59-42(9,10)11)58-31-19-28(37-46-29(22-60-37)23(2)3)45-33-24(4)30(57-13)16-15-27(31)33/h14-16,19,22-23,25-26,32,34-35H,1,17-18,20-21H2,2-13H3,(H,47,54)(H,48,51)(H,49,53)/t25-,26-,32+,34+,35?,44-/m1/s1. The third kappa shape index (κ3) is 9.09. The summed E-state index contributed by atoms with van der Waals surface area (Å²) in [6.45, 7) is 23.6. The highest BCUT2D eigenvalue weighted by molar-refractivity contribution is 7.91. The number of aryl methyl sites for hydroxylation is 1. The van der Waals surface area contributed by atoms with E-state index in [4.69, 9.17) is 24.2 Å². The number of fused-ring (bicyclic) bond motifs is 1. The zero-order chi connectivity index (χ0) is 45.2. The van der Waals surface area contributed by atoms with Crippen LogP contribution in [0, 0.1) is 24.2 Å². The van der Waals surface area contributed by atoms with Crippen molar-refractivity contribution < 1.29 is 41.8 Å². The molecule has 1 saturated heterocycles. The number of methoxy groups -OCH3 is 1. The van der Waals surface area contributed by atoms with Crippen molar-refractivity contribution >= 4 is 56.1 Å². The van der Waals surface area contributed by atoms with E-state index in [0.29, 0.717) is 45.9 Å². The van der Waals surface area contributed by atoms with E-state index in [0.717, 1.165) is 11.3 Å². The molecule has 61 heavy (non-hydrogen) atoms. The first-order chi connectivity index (χ1) is 28.3. The number of sulfonamides is 1.